The van der Waals surface area contributed by atoms with Crippen molar-refractivity contribution >= 4 is 16.5 Å². The SMILES string of the molecule is CC1OCCC1(CN)N1CCN(c2nccs2)CC1. The van der Waals surface area contributed by atoms with E-state index in [0.29, 0.717) is 6.54 Å². The van der Waals surface area contributed by atoms with E-state index in [0.717, 1.165) is 44.3 Å². The maximum atomic E-state index is 6.07. The Morgan fingerprint density at radius 2 is 2.26 bits per heavy atom. The number of hydrogen-bond acceptors (Lipinski definition) is 6. The molecule has 0 bridgehead atoms. The lowest BCUT2D eigenvalue weighted by Gasteiger charge is -2.46. The third-order valence-corrected chi connectivity index (χ3v) is 5.44. The van der Waals surface area contributed by atoms with E-state index in [9.17, 15) is 0 Å². The van der Waals surface area contributed by atoms with E-state index in [4.69, 9.17) is 10.5 Å². The fraction of sp³-hybridized carbons (Fsp3) is 0.769. The number of thiazole rings is 1. The lowest BCUT2D eigenvalue weighted by Crippen LogP contribution is -2.63. The summed E-state index contributed by atoms with van der Waals surface area (Å²) in [6.07, 6.45) is 3.17. The Balaban J connectivity index is 1.66. The van der Waals surface area contributed by atoms with Gasteiger partial charge in [0.25, 0.3) is 0 Å². The first-order chi connectivity index (χ1) is 9.26. The number of nitrogens with zero attached hydrogens (tertiary/aromatic N) is 3. The van der Waals surface area contributed by atoms with Crippen LogP contribution in [0.1, 0.15) is 13.3 Å². The van der Waals surface area contributed by atoms with Crippen LogP contribution in [0, 0.1) is 0 Å². The van der Waals surface area contributed by atoms with Gasteiger partial charge < -0.3 is 15.4 Å². The molecule has 0 aliphatic carbocycles. The highest BCUT2D eigenvalue weighted by Gasteiger charge is 2.46. The molecule has 2 atom stereocenters. The normalized spacial score (nSPS) is 32.9. The highest BCUT2D eigenvalue weighted by Crippen LogP contribution is 2.32. The van der Waals surface area contributed by atoms with Gasteiger partial charge >= 0.3 is 0 Å². The molecule has 0 radical (unpaired) electrons. The molecule has 1 aromatic rings. The summed E-state index contributed by atoms with van der Waals surface area (Å²) in [5.41, 5.74) is 6.12. The molecule has 0 spiro atoms. The molecule has 3 rings (SSSR count). The summed E-state index contributed by atoms with van der Waals surface area (Å²) in [4.78, 5) is 9.29. The Morgan fingerprint density at radius 3 is 2.79 bits per heavy atom. The summed E-state index contributed by atoms with van der Waals surface area (Å²) in [6, 6.07) is 0. The summed E-state index contributed by atoms with van der Waals surface area (Å²) in [6.45, 7) is 7.84. The van der Waals surface area contributed by atoms with Gasteiger partial charge in [0.2, 0.25) is 0 Å². The first kappa shape index (κ1) is 13.3. The molecule has 2 aliphatic heterocycles. The minimum absolute atomic E-state index is 0.0506. The molecule has 19 heavy (non-hydrogen) atoms. The van der Waals surface area contributed by atoms with E-state index in [1.807, 2.05) is 11.6 Å². The number of anilines is 1. The van der Waals surface area contributed by atoms with Crippen LogP contribution in [0.15, 0.2) is 11.6 Å². The molecule has 6 heteroatoms. The maximum Gasteiger partial charge on any atom is 0.185 e. The summed E-state index contributed by atoms with van der Waals surface area (Å²) < 4.78 is 5.77. The number of piperazine rings is 1. The first-order valence-corrected chi connectivity index (χ1v) is 7.85. The van der Waals surface area contributed by atoms with Gasteiger partial charge in [-0.1, -0.05) is 0 Å². The van der Waals surface area contributed by atoms with Gasteiger partial charge in [-0.05, 0) is 13.3 Å². The van der Waals surface area contributed by atoms with Crippen LogP contribution in [-0.2, 0) is 4.74 Å². The molecule has 2 unspecified atom stereocenters. The zero-order chi connectivity index (χ0) is 13.3. The van der Waals surface area contributed by atoms with Gasteiger partial charge in [0.05, 0.1) is 11.6 Å². The number of ether oxygens (including phenoxy) is 1. The molecule has 1 aromatic heterocycles. The van der Waals surface area contributed by atoms with Gasteiger partial charge in [-0.2, -0.15) is 0 Å². The molecule has 2 N–H and O–H groups in total. The smallest absolute Gasteiger partial charge is 0.185 e. The van der Waals surface area contributed by atoms with Crippen molar-refractivity contribution in [2.24, 2.45) is 5.73 Å². The van der Waals surface area contributed by atoms with Crippen molar-refractivity contribution < 1.29 is 4.74 Å². The Hall–Kier alpha value is -0.690. The lowest BCUT2D eigenvalue weighted by molar-refractivity contribution is 0.0114. The van der Waals surface area contributed by atoms with Crippen molar-refractivity contribution in [1.82, 2.24) is 9.88 Å². The number of aromatic nitrogens is 1. The van der Waals surface area contributed by atoms with E-state index < -0.39 is 0 Å². The second-order valence-corrected chi connectivity index (χ2v) is 6.23. The van der Waals surface area contributed by atoms with Crippen molar-refractivity contribution in [1.29, 1.82) is 0 Å². The van der Waals surface area contributed by atoms with Crippen LogP contribution >= 0.6 is 11.3 Å². The molecule has 5 nitrogen and oxygen atoms in total. The van der Waals surface area contributed by atoms with Crippen LogP contribution in [0.2, 0.25) is 0 Å². The van der Waals surface area contributed by atoms with Gasteiger partial charge in [-0.25, -0.2) is 4.98 Å². The monoisotopic (exact) mass is 282 g/mol. The summed E-state index contributed by atoms with van der Waals surface area (Å²) in [5, 5.41) is 3.17. The second-order valence-electron chi connectivity index (χ2n) is 5.36. The van der Waals surface area contributed by atoms with Crippen LogP contribution in [0.3, 0.4) is 0 Å². The summed E-state index contributed by atoms with van der Waals surface area (Å²) in [5.74, 6) is 0. The third kappa shape index (κ3) is 2.27. The molecule has 3 heterocycles. The first-order valence-electron chi connectivity index (χ1n) is 6.97. The fourth-order valence-corrected chi connectivity index (χ4v) is 4.00. The van der Waals surface area contributed by atoms with Gasteiger partial charge in [0, 0.05) is 50.9 Å². The molecular formula is C13H22N4OS. The average Bonchev–Trinajstić information content (AvgIpc) is 3.09. The van der Waals surface area contributed by atoms with Gasteiger partial charge in [0.15, 0.2) is 5.13 Å². The molecular weight excluding hydrogens is 260 g/mol. The van der Waals surface area contributed by atoms with Crippen LogP contribution < -0.4 is 10.6 Å². The third-order valence-electron chi connectivity index (χ3n) is 4.61. The van der Waals surface area contributed by atoms with Crippen molar-refractivity contribution in [2.45, 2.75) is 25.0 Å². The zero-order valence-corrected chi connectivity index (χ0v) is 12.2. The van der Waals surface area contributed by atoms with Crippen molar-refractivity contribution in [3.63, 3.8) is 0 Å². The van der Waals surface area contributed by atoms with E-state index in [1.165, 1.54) is 0 Å². The number of nitrogens with two attached hydrogens (primary N) is 1. The van der Waals surface area contributed by atoms with Gasteiger partial charge in [-0.3, -0.25) is 4.90 Å². The van der Waals surface area contributed by atoms with Crippen LogP contribution in [0.25, 0.3) is 0 Å². The predicted octanol–water partition coefficient (Wildman–Crippen LogP) is 0.771. The highest BCUT2D eigenvalue weighted by molar-refractivity contribution is 7.13. The summed E-state index contributed by atoms with van der Waals surface area (Å²) >= 11 is 1.72. The standard InChI is InChI=1S/C13H22N4OS/c1-11-13(10-14,2-8-18-11)17-6-4-16(5-7-17)12-15-3-9-19-12/h3,9,11H,2,4-8,10,14H2,1H3. The van der Waals surface area contributed by atoms with Crippen molar-refractivity contribution in [3.8, 4) is 0 Å². The molecule has 0 amide bonds. The van der Waals surface area contributed by atoms with Crippen molar-refractivity contribution in [3.05, 3.63) is 11.6 Å². The molecule has 2 fully saturated rings. The highest BCUT2D eigenvalue weighted by atomic mass is 32.1. The quantitative estimate of drug-likeness (QED) is 0.887. The average molecular weight is 282 g/mol. The Kier molecular flexibility index (Phi) is 3.75. The van der Waals surface area contributed by atoms with Gasteiger partial charge in [-0.15, -0.1) is 11.3 Å². The minimum Gasteiger partial charge on any atom is -0.376 e. The number of rotatable bonds is 3. The lowest BCUT2D eigenvalue weighted by atomic mass is 9.89. The Bertz CT molecular complexity index is 405. The topological polar surface area (TPSA) is 54.6 Å². The molecule has 0 saturated carbocycles. The van der Waals surface area contributed by atoms with E-state index in [2.05, 4.69) is 21.7 Å². The van der Waals surface area contributed by atoms with Crippen LogP contribution in [0.5, 0.6) is 0 Å². The van der Waals surface area contributed by atoms with Gasteiger partial charge in [0.1, 0.15) is 0 Å². The van der Waals surface area contributed by atoms with Crippen LogP contribution in [-0.4, -0.2) is 60.9 Å². The Morgan fingerprint density at radius 1 is 1.47 bits per heavy atom. The van der Waals surface area contributed by atoms with Crippen LogP contribution in [0.4, 0.5) is 5.13 Å². The molecule has 0 aromatic carbocycles. The van der Waals surface area contributed by atoms with E-state index in [1.54, 1.807) is 11.3 Å². The van der Waals surface area contributed by atoms with E-state index >= 15 is 0 Å². The van der Waals surface area contributed by atoms with Crippen molar-refractivity contribution in [2.75, 3.05) is 44.2 Å². The molecule has 2 aliphatic rings. The summed E-state index contributed by atoms with van der Waals surface area (Å²) in [7, 11) is 0. The fourth-order valence-electron chi connectivity index (χ4n) is 3.30. The maximum absolute atomic E-state index is 6.07. The zero-order valence-electron chi connectivity index (χ0n) is 11.4. The Labute approximate surface area is 118 Å². The molecule has 2 saturated heterocycles. The number of hydrogen-bond donors (Lipinski definition) is 1. The second kappa shape index (κ2) is 5.36. The van der Waals surface area contributed by atoms with E-state index in [-0.39, 0.29) is 11.6 Å². The largest absolute Gasteiger partial charge is 0.376 e. The predicted molar refractivity (Wildman–Crippen MR) is 77.7 cm³/mol. The minimum atomic E-state index is 0.0506. The molecule has 106 valence electrons.